The van der Waals surface area contributed by atoms with Crippen LogP contribution in [0.15, 0.2) is 24.3 Å². The molecule has 1 amide bonds. The molecule has 0 radical (unpaired) electrons. The molecule has 0 bridgehead atoms. The molecule has 1 aliphatic rings. The number of rotatable bonds is 19. The summed E-state index contributed by atoms with van der Waals surface area (Å²) in [7, 11) is 0. The fraction of sp³-hybridized carbons (Fsp3) is 0.486. The second kappa shape index (κ2) is 16.9. The van der Waals surface area contributed by atoms with Gasteiger partial charge in [-0.15, -0.1) is 0 Å². The lowest BCUT2D eigenvalue weighted by Gasteiger charge is -2.12. The minimum Gasteiger partial charge on any atom is -0.420 e. The smallest absolute Gasteiger partial charge is 0.313 e. The molecule has 14 heteroatoms. The number of nitrogens with one attached hydrogen (secondary N) is 1. The number of nitrogens with two attached hydrogens (primary N) is 1. The van der Waals surface area contributed by atoms with E-state index in [0.717, 1.165) is 66.4 Å². The van der Waals surface area contributed by atoms with Crippen LogP contribution in [-0.2, 0) is 32.0 Å². The summed E-state index contributed by atoms with van der Waals surface area (Å²) in [5, 5.41) is 4.00. The Labute approximate surface area is 281 Å². The maximum atomic E-state index is 13.6. The molecule has 10 nitrogen and oxygen atoms in total. The fourth-order valence-electron chi connectivity index (χ4n) is 5.65. The molecular weight excluding hydrogens is 646 g/mol. The Morgan fingerprint density at radius 1 is 0.939 bits per heavy atom. The first-order chi connectivity index (χ1) is 23.7. The van der Waals surface area contributed by atoms with Gasteiger partial charge < -0.3 is 29.8 Å². The number of nitrogens with zero attached hydrogens (tertiary/aromatic N) is 3. The van der Waals surface area contributed by atoms with E-state index in [1.165, 1.54) is 18.4 Å². The van der Waals surface area contributed by atoms with Crippen molar-refractivity contribution in [3.63, 3.8) is 0 Å². The van der Waals surface area contributed by atoms with Gasteiger partial charge in [-0.3, -0.25) is 9.59 Å². The van der Waals surface area contributed by atoms with Crippen LogP contribution in [0, 0.1) is 23.3 Å². The summed E-state index contributed by atoms with van der Waals surface area (Å²) < 4.78 is 71.0. The summed E-state index contributed by atoms with van der Waals surface area (Å²) in [6.45, 7) is 3.61. The van der Waals surface area contributed by atoms with Crippen molar-refractivity contribution in [2.24, 2.45) is 0 Å². The molecule has 1 aliphatic carbocycles. The summed E-state index contributed by atoms with van der Waals surface area (Å²) in [6.07, 6.45) is 6.62. The lowest BCUT2D eigenvalue weighted by molar-refractivity contribution is -0.136. The van der Waals surface area contributed by atoms with Crippen molar-refractivity contribution in [2.45, 2.75) is 77.2 Å². The fourth-order valence-corrected chi connectivity index (χ4v) is 5.65. The number of hydrogen-bond donors (Lipinski definition) is 2. The number of benzene rings is 2. The molecule has 4 aromatic rings. The summed E-state index contributed by atoms with van der Waals surface area (Å²) in [4.78, 5) is 33.8. The summed E-state index contributed by atoms with van der Waals surface area (Å²) in [5.41, 5.74) is 10.5. The number of aromatic nitrogens is 3. The predicted molar refractivity (Wildman–Crippen MR) is 175 cm³/mol. The number of amides is 1. The molecule has 264 valence electrons. The zero-order valence-electron chi connectivity index (χ0n) is 27.5. The van der Waals surface area contributed by atoms with Crippen LogP contribution in [0.2, 0.25) is 0 Å². The van der Waals surface area contributed by atoms with Gasteiger partial charge >= 0.3 is 5.97 Å². The third kappa shape index (κ3) is 9.04. The minimum atomic E-state index is -1.80. The van der Waals surface area contributed by atoms with Gasteiger partial charge in [0.1, 0.15) is 11.3 Å². The zero-order chi connectivity index (χ0) is 34.9. The standard InChI is InChI=1S/C35H41F4N5O5/c1-2-3-9-26-42-32-33(23-8-6-7-22(21-10-11-21)31(23)43-35(32)40)44(26)15-5-4-14-41-27(45)12-16-47-18-19-48-17-13-28(46)49-34-29(38)24(36)20-25(37)30(34)39/h6-8,20-21H,2-5,9-19H2,1H3,(H2,40,43)(H,41,45). The molecule has 2 aromatic heterocycles. The average Bonchev–Trinajstić information content (AvgIpc) is 3.86. The highest BCUT2D eigenvalue weighted by Crippen LogP contribution is 2.44. The van der Waals surface area contributed by atoms with E-state index in [4.69, 9.17) is 25.2 Å². The highest BCUT2D eigenvalue weighted by molar-refractivity contribution is 6.07. The third-order valence-corrected chi connectivity index (χ3v) is 8.33. The van der Waals surface area contributed by atoms with E-state index in [1.807, 2.05) is 0 Å². The Morgan fingerprint density at radius 2 is 1.65 bits per heavy atom. The molecule has 0 unspecified atom stereocenters. The largest absolute Gasteiger partial charge is 0.420 e. The van der Waals surface area contributed by atoms with Crippen molar-refractivity contribution in [3.05, 3.63) is 58.9 Å². The number of carbonyl (C=O) groups is 2. The van der Waals surface area contributed by atoms with Gasteiger partial charge in [-0.1, -0.05) is 31.5 Å². The van der Waals surface area contributed by atoms with Crippen LogP contribution >= 0.6 is 0 Å². The van der Waals surface area contributed by atoms with Crippen LogP contribution in [0.1, 0.15) is 75.6 Å². The van der Waals surface area contributed by atoms with Crippen LogP contribution in [0.5, 0.6) is 5.75 Å². The van der Waals surface area contributed by atoms with Crippen molar-refractivity contribution in [2.75, 3.05) is 38.7 Å². The van der Waals surface area contributed by atoms with Crippen LogP contribution in [-0.4, -0.2) is 59.4 Å². The van der Waals surface area contributed by atoms with E-state index in [2.05, 4.69) is 39.7 Å². The van der Waals surface area contributed by atoms with E-state index in [-0.39, 0.29) is 44.8 Å². The number of halogens is 4. The number of fused-ring (bicyclic) bond motifs is 3. The third-order valence-electron chi connectivity index (χ3n) is 8.33. The van der Waals surface area contributed by atoms with Crippen molar-refractivity contribution in [1.29, 1.82) is 0 Å². The van der Waals surface area contributed by atoms with E-state index in [0.29, 0.717) is 18.3 Å². The maximum Gasteiger partial charge on any atom is 0.313 e. The number of hydrogen-bond acceptors (Lipinski definition) is 8. The van der Waals surface area contributed by atoms with Gasteiger partial charge in [-0.25, -0.2) is 18.7 Å². The molecule has 5 rings (SSSR count). The number of nitrogen functional groups attached to an aromatic ring is 1. The Bertz CT molecular complexity index is 1770. The van der Waals surface area contributed by atoms with Gasteiger partial charge in [0.25, 0.3) is 0 Å². The zero-order valence-corrected chi connectivity index (χ0v) is 27.5. The first kappa shape index (κ1) is 36.0. The summed E-state index contributed by atoms with van der Waals surface area (Å²) in [6, 6.07) is 6.37. The van der Waals surface area contributed by atoms with E-state index >= 15 is 0 Å². The topological polar surface area (TPSA) is 131 Å². The number of anilines is 1. The lowest BCUT2D eigenvalue weighted by Crippen LogP contribution is -2.26. The molecule has 0 atom stereocenters. The number of pyridine rings is 1. The molecule has 3 N–H and O–H groups in total. The number of ether oxygens (including phenoxy) is 3. The van der Waals surface area contributed by atoms with Gasteiger partial charge in [0, 0.05) is 37.4 Å². The quantitative estimate of drug-likeness (QED) is 0.0389. The van der Waals surface area contributed by atoms with Crippen LogP contribution in [0.25, 0.3) is 21.9 Å². The van der Waals surface area contributed by atoms with Crippen LogP contribution in [0.3, 0.4) is 0 Å². The molecule has 0 aliphatic heterocycles. The van der Waals surface area contributed by atoms with E-state index in [1.54, 1.807) is 0 Å². The number of imidazole rings is 1. The van der Waals surface area contributed by atoms with Crippen molar-refractivity contribution in [1.82, 2.24) is 19.9 Å². The van der Waals surface area contributed by atoms with Gasteiger partial charge in [-0.2, -0.15) is 8.78 Å². The summed E-state index contributed by atoms with van der Waals surface area (Å²) in [5.74, 6) is -7.67. The lowest BCUT2D eigenvalue weighted by atomic mass is 10.0. The molecular formula is C35H41F4N5O5. The second-order valence-corrected chi connectivity index (χ2v) is 12.0. The van der Waals surface area contributed by atoms with Crippen molar-refractivity contribution < 1.29 is 41.4 Å². The van der Waals surface area contributed by atoms with Crippen LogP contribution < -0.4 is 15.8 Å². The van der Waals surface area contributed by atoms with Gasteiger partial charge in [0.15, 0.2) is 17.5 Å². The Morgan fingerprint density at radius 3 is 2.35 bits per heavy atom. The number of aryl methyl sites for hydroxylation is 2. The number of carbonyl (C=O) groups excluding carboxylic acids is 2. The van der Waals surface area contributed by atoms with Gasteiger partial charge in [0.05, 0.1) is 43.9 Å². The maximum absolute atomic E-state index is 13.6. The molecule has 1 fully saturated rings. The Hall–Kier alpha value is -4.30. The van der Waals surface area contributed by atoms with E-state index < -0.39 is 41.4 Å². The minimum absolute atomic E-state index is 0.0177. The monoisotopic (exact) mass is 687 g/mol. The van der Waals surface area contributed by atoms with Crippen molar-refractivity contribution in [3.8, 4) is 5.75 Å². The number of esters is 1. The van der Waals surface area contributed by atoms with Gasteiger partial charge in [0.2, 0.25) is 23.3 Å². The van der Waals surface area contributed by atoms with E-state index in [9.17, 15) is 27.2 Å². The van der Waals surface area contributed by atoms with Gasteiger partial charge in [-0.05, 0) is 43.6 Å². The normalized spacial score (nSPS) is 13.0. The number of para-hydroxylation sites is 1. The van der Waals surface area contributed by atoms with Crippen molar-refractivity contribution >= 4 is 39.6 Å². The molecule has 2 aromatic carbocycles. The Balaban J connectivity index is 0.995. The SMILES string of the molecule is CCCCc1nc2c(N)nc3c(C4CC4)cccc3c2n1CCCCNC(=O)CCOCCOCCC(=O)Oc1c(F)c(F)cc(F)c1F. The molecule has 0 spiro atoms. The first-order valence-electron chi connectivity index (χ1n) is 16.7. The molecule has 1 saturated carbocycles. The average molecular weight is 688 g/mol. The highest BCUT2D eigenvalue weighted by Gasteiger charge is 2.28. The molecule has 0 saturated heterocycles. The predicted octanol–water partition coefficient (Wildman–Crippen LogP) is 6.26. The number of unbranched alkanes of at least 4 members (excludes halogenated alkanes) is 2. The second-order valence-electron chi connectivity index (χ2n) is 12.0. The summed E-state index contributed by atoms with van der Waals surface area (Å²) >= 11 is 0. The Kier molecular flexibility index (Phi) is 12.4. The first-order valence-corrected chi connectivity index (χ1v) is 16.7. The highest BCUT2D eigenvalue weighted by atomic mass is 19.2. The molecule has 49 heavy (non-hydrogen) atoms. The molecule has 2 heterocycles. The van der Waals surface area contributed by atoms with Crippen LogP contribution in [0.4, 0.5) is 23.4 Å².